The van der Waals surface area contributed by atoms with Crippen LogP contribution in [0.1, 0.15) is 36.0 Å². The highest BCUT2D eigenvalue weighted by Crippen LogP contribution is 2.31. The van der Waals surface area contributed by atoms with Crippen LogP contribution in [0.2, 0.25) is 0 Å². The number of urea groups is 1. The number of nitrogens with zero attached hydrogens (tertiary/aromatic N) is 1. The molecule has 4 rings (SSSR count). The average molecular weight is 406 g/mol. The monoisotopic (exact) mass is 406 g/mol. The molecular formula is C23H26N4O3. The molecule has 1 aliphatic heterocycles. The lowest BCUT2D eigenvalue weighted by atomic mass is 10.0. The molecule has 0 aromatic heterocycles. The number of hydrogen-bond donors (Lipinski definition) is 3. The second-order valence-electron chi connectivity index (χ2n) is 7.87. The molecule has 1 aliphatic carbocycles. The van der Waals surface area contributed by atoms with Gasteiger partial charge in [-0.3, -0.25) is 9.59 Å². The maximum atomic E-state index is 12.3. The Morgan fingerprint density at radius 1 is 0.767 bits per heavy atom. The molecule has 2 aromatic rings. The van der Waals surface area contributed by atoms with E-state index in [-0.39, 0.29) is 29.8 Å². The lowest BCUT2D eigenvalue weighted by Gasteiger charge is -2.32. The van der Waals surface area contributed by atoms with E-state index >= 15 is 0 Å². The van der Waals surface area contributed by atoms with E-state index in [0.29, 0.717) is 24.3 Å². The van der Waals surface area contributed by atoms with Crippen molar-refractivity contribution in [2.45, 2.75) is 31.7 Å². The van der Waals surface area contributed by atoms with E-state index in [2.05, 4.69) is 16.0 Å². The number of benzene rings is 2. The molecule has 30 heavy (non-hydrogen) atoms. The third kappa shape index (κ3) is 5.17. The van der Waals surface area contributed by atoms with Gasteiger partial charge in [0.15, 0.2) is 0 Å². The molecule has 2 aliphatic rings. The van der Waals surface area contributed by atoms with Gasteiger partial charge in [-0.2, -0.15) is 0 Å². The fourth-order valence-electron chi connectivity index (χ4n) is 3.61. The lowest BCUT2D eigenvalue weighted by Crippen LogP contribution is -2.47. The summed E-state index contributed by atoms with van der Waals surface area (Å²) in [6, 6.07) is 15.8. The topological polar surface area (TPSA) is 90.5 Å². The predicted molar refractivity (Wildman–Crippen MR) is 115 cm³/mol. The SMILES string of the molecule is O=C(Nc1ccc(C(=O)Nc2ccccc2)cc1)NC1CCN(C(=O)C2CC2)CC1. The first kappa shape index (κ1) is 19.9. The average Bonchev–Trinajstić information content (AvgIpc) is 3.60. The van der Waals surface area contributed by atoms with Gasteiger partial charge in [-0.15, -0.1) is 0 Å². The highest BCUT2D eigenvalue weighted by molar-refractivity contribution is 6.04. The van der Waals surface area contributed by atoms with Crippen LogP contribution >= 0.6 is 0 Å². The number of carbonyl (C=O) groups excluding carboxylic acids is 3. The molecule has 0 atom stereocenters. The number of nitrogens with one attached hydrogen (secondary N) is 3. The molecule has 2 fully saturated rings. The molecule has 0 unspecified atom stereocenters. The van der Waals surface area contributed by atoms with Crippen LogP contribution in [0.3, 0.4) is 0 Å². The van der Waals surface area contributed by atoms with Crippen LogP contribution in [-0.4, -0.2) is 41.9 Å². The Kier molecular flexibility index (Phi) is 5.97. The summed E-state index contributed by atoms with van der Waals surface area (Å²) in [5.74, 6) is 0.314. The number of likely N-dealkylation sites (tertiary alicyclic amines) is 1. The highest BCUT2D eigenvalue weighted by Gasteiger charge is 2.35. The third-order valence-corrected chi connectivity index (χ3v) is 5.51. The van der Waals surface area contributed by atoms with Crippen molar-refractivity contribution in [1.29, 1.82) is 0 Å². The lowest BCUT2D eigenvalue weighted by molar-refractivity contribution is -0.133. The normalized spacial score (nSPS) is 16.6. The molecule has 0 spiro atoms. The molecule has 4 amide bonds. The summed E-state index contributed by atoms with van der Waals surface area (Å²) in [4.78, 5) is 38.6. The smallest absolute Gasteiger partial charge is 0.319 e. The summed E-state index contributed by atoms with van der Waals surface area (Å²) in [7, 11) is 0. The molecular weight excluding hydrogens is 380 g/mol. The van der Waals surface area contributed by atoms with E-state index in [1.807, 2.05) is 35.2 Å². The Bertz CT molecular complexity index is 902. The molecule has 0 bridgehead atoms. The van der Waals surface area contributed by atoms with Gasteiger partial charge in [0.1, 0.15) is 0 Å². The van der Waals surface area contributed by atoms with Crippen molar-refractivity contribution < 1.29 is 14.4 Å². The number of carbonyl (C=O) groups is 3. The van der Waals surface area contributed by atoms with Crippen LogP contribution in [-0.2, 0) is 4.79 Å². The number of piperidine rings is 1. The minimum atomic E-state index is -0.275. The fourth-order valence-corrected chi connectivity index (χ4v) is 3.61. The van der Waals surface area contributed by atoms with Gasteiger partial charge in [0, 0.05) is 42.0 Å². The van der Waals surface area contributed by atoms with Gasteiger partial charge in [-0.1, -0.05) is 18.2 Å². The Morgan fingerprint density at radius 3 is 2.03 bits per heavy atom. The Morgan fingerprint density at radius 2 is 1.40 bits per heavy atom. The summed E-state index contributed by atoms with van der Waals surface area (Å²) < 4.78 is 0. The van der Waals surface area contributed by atoms with Crippen molar-refractivity contribution in [1.82, 2.24) is 10.2 Å². The first-order chi connectivity index (χ1) is 14.6. The molecule has 1 saturated carbocycles. The van der Waals surface area contributed by atoms with Crippen molar-refractivity contribution in [3.05, 3.63) is 60.2 Å². The summed E-state index contributed by atoms with van der Waals surface area (Å²) in [6.07, 6.45) is 3.58. The summed E-state index contributed by atoms with van der Waals surface area (Å²) in [5.41, 5.74) is 1.86. The van der Waals surface area contributed by atoms with E-state index in [1.165, 1.54) is 0 Å². The van der Waals surface area contributed by atoms with Gasteiger partial charge < -0.3 is 20.9 Å². The molecule has 1 saturated heterocycles. The van der Waals surface area contributed by atoms with Crippen molar-refractivity contribution in [3.63, 3.8) is 0 Å². The summed E-state index contributed by atoms with van der Waals surface area (Å²) in [6.45, 7) is 1.40. The fraction of sp³-hybridized carbons (Fsp3) is 0.348. The van der Waals surface area contributed by atoms with Crippen LogP contribution in [0.15, 0.2) is 54.6 Å². The van der Waals surface area contributed by atoms with E-state index in [9.17, 15) is 14.4 Å². The van der Waals surface area contributed by atoms with E-state index < -0.39 is 0 Å². The van der Waals surface area contributed by atoms with E-state index in [1.54, 1.807) is 24.3 Å². The largest absolute Gasteiger partial charge is 0.342 e. The summed E-state index contributed by atoms with van der Waals surface area (Å²) in [5, 5.41) is 8.61. The molecule has 156 valence electrons. The summed E-state index contributed by atoms with van der Waals surface area (Å²) >= 11 is 0. The van der Waals surface area contributed by atoms with Crippen LogP contribution in [0.5, 0.6) is 0 Å². The van der Waals surface area contributed by atoms with Crippen LogP contribution in [0, 0.1) is 5.92 Å². The van der Waals surface area contributed by atoms with Gasteiger partial charge in [0.05, 0.1) is 0 Å². The molecule has 7 nitrogen and oxygen atoms in total. The Labute approximate surface area is 175 Å². The number of amides is 4. The van der Waals surface area contributed by atoms with Crippen LogP contribution < -0.4 is 16.0 Å². The zero-order chi connectivity index (χ0) is 20.9. The van der Waals surface area contributed by atoms with Crippen molar-refractivity contribution in [2.75, 3.05) is 23.7 Å². The van der Waals surface area contributed by atoms with Crippen molar-refractivity contribution in [3.8, 4) is 0 Å². The van der Waals surface area contributed by atoms with Gasteiger partial charge in [0.2, 0.25) is 5.91 Å². The van der Waals surface area contributed by atoms with Crippen LogP contribution in [0.4, 0.5) is 16.2 Å². The molecule has 1 heterocycles. The third-order valence-electron chi connectivity index (χ3n) is 5.51. The maximum absolute atomic E-state index is 12.3. The number of para-hydroxylation sites is 1. The maximum Gasteiger partial charge on any atom is 0.319 e. The first-order valence-corrected chi connectivity index (χ1v) is 10.4. The zero-order valence-electron chi connectivity index (χ0n) is 16.8. The zero-order valence-corrected chi connectivity index (χ0v) is 16.8. The molecule has 0 radical (unpaired) electrons. The van der Waals surface area contributed by atoms with Gasteiger partial charge in [0.25, 0.3) is 5.91 Å². The second-order valence-corrected chi connectivity index (χ2v) is 7.87. The first-order valence-electron chi connectivity index (χ1n) is 10.4. The van der Waals surface area contributed by atoms with Crippen LogP contribution in [0.25, 0.3) is 0 Å². The minimum Gasteiger partial charge on any atom is -0.342 e. The highest BCUT2D eigenvalue weighted by atomic mass is 16.2. The molecule has 2 aromatic carbocycles. The Hall–Kier alpha value is -3.35. The second kappa shape index (κ2) is 8.98. The molecule has 7 heteroatoms. The number of anilines is 2. The quantitative estimate of drug-likeness (QED) is 0.710. The molecule has 3 N–H and O–H groups in total. The minimum absolute atomic E-state index is 0.0594. The van der Waals surface area contributed by atoms with Gasteiger partial charge in [-0.05, 0) is 62.1 Å². The van der Waals surface area contributed by atoms with Gasteiger partial charge in [-0.25, -0.2) is 4.79 Å². The standard InChI is InChI=1S/C23H26N4O3/c28-21(24-18-4-2-1-3-5-18)16-8-10-19(11-9-16)25-23(30)26-20-12-14-27(15-13-20)22(29)17-6-7-17/h1-5,8-11,17,20H,6-7,12-15H2,(H,24,28)(H2,25,26,30). The van der Waals surface area contributed by atoms with E-state index in [4.69, 9.17) is 0 Å². The van der Waals surface area contributed by atoms with Gasteiger partial charge >= 0.3 is 6.03 Å². The van der Waals surface area contributed by atoms with E-state index in [0.717, 1.165) is 31.4 Å². The number of hydrogen-bond acceptors (Lipinski definition) is 3. The Balaban J connectivity index is 1.23. The number of rotatable bonds is 5. The van der Waals surface area contributed by atoms with Crippen molar-refractivity contribution in [2.24, 2.45) is 5.92 Å². The van der Waals surface area contributed by atoms with Crippen molar-refractivity contribution >= 4 is 29.2 Å². The predicted octanol–water partition coefficient (Wildman–Crippen LogP) is 3.46.